The van der Waals surface area contributed by atoms with Gasteiger partial charge in [-0.1, -0.05) is 44.9 Å². The molecule has 1 nitrogen and oxygen atoms in total. The highest BCUT2D eigenvalue weighted by Gasteiger charge is 2.24. The molecule has 0 fully saturated rings. The predicted molar refractivity (Wildman–Crippen MR) is 76.1 cm³/mol. The van der Waals surface area contributed by atoms with Crippen molar-refractivity contribution in [1.29, 1.82) is 0 Å². The summed E-state index contributed by atoms with van der Waals surface area (Å²) >= 11 is 4.16. The lowest BCUT2D eigenvalue weighted by atomic mass is 9.82. The van der Waals surface area contributed by atoms with E-state index in [0.29, 0.717) is 0 Å². The van der Waals surface area contributed by atoms with Gasteiger partial charge >= 0.3 is 0 Å². The minimum Gasteiger partial charge on any atom is -0.487 e. The molecule has 3 heteroatoms. The molecule has 0 saturated carbocycles. The van der Waals surface area contributed by atoms with Crippen molar-refractivity contribution in [3.8, 4) is 5.06 Å². The lowest BCUT2D eigenvalue weighted by Crippen LogP contribution is -2.17. The van der Waals surface area contributed by atoms with E-state index in [1.165, 1.54) is 27.7 Å². The number of ether oxygens (including phenoxy) is 1. The molecule has 1 heterocycles. The molecule has 1 aromatic heterocycles. The summed E-state index contributed by atoms with van der Waals surface area (Å²) in [7, 11) is 1.74. The van der Waals surface area contributed by atoms with Gasteiger partial charge in [0, 0.05) is 0 Å². The van der Waals surface area contributed by atoms with Crippen LogP contribution in [0.15, 0.2) is 6.07 Å². The van der Waals surface area contributed by atoms with Gasteiger partial charge in [-0.3, -0.25) is 0 Å². The smallest absolute Gasteiger partial charge is 0.174 e. The Morgan fingerprint density at radius 2 is 2.13 bits per heavy atom. The molecule has 1 aromatic rings. The fourth-order valence-corrected chi connectivity index (χ4v) is 4.08. The molecule has 0 saturated heterocycles. The monoisotopic (exact) mass is 338 g/mol. The molecular formula is C12H19IOS. The molecule has 0 unspecified atom stereocenters. The van der Waals surface area contributed by atoms with E-state index < -0.39 is 0 Å². The van der Waals surface area contributed by atoms with Crippen molar-refractivity contribution in [3.63, 3.8) is 0 Å². The van der Waals surface area contributed by atoms with E-state index in [1.54, 1.807) is 18.4 Å². The standard InChI is InChI=1S/C12H19IOS/c1-5-6-7-12(2,3)9-8-10(14-4)15-11(9)13/h8H,5-7H2,1-4H3. The predicted octanol–water partition coefficient (Wildman–Crippen LogP) is 4.83. The van der Waals surface area contributed by atoms with E-state index in [9.17, 15) is 0 Å². The van der Waals surface area contributed by atoms with E-state index in [0.717, 1.165) is 5.06 Å². The van der Waals surface area contributed by atoms with Crippen LogP contribution in [-0.2, 0) is 5.41 Å². The first kappa shape index (κ1) is 13.3. The van der Waals surface area contributed by atoms with Crippen LogP contribution in [0.5, 0.6) is 5.06 Å². The summed E-state index contributed by atoms with van der Waals surface area (Å²) in [5, 5.41) is 1.03. The van der Waals surface area contributed by atoms with Crippen LogP contribution in [0.3, 0.4) is 0 Å². The second kappa shape index (κ2) is 5.53. The average molecular weight is 338 g/mol. The zero-order chi connectivity index (χ0) is 11.5. The van der Waals surface area contributed by atoms with Gasteiger partial charge in [0.05, 0.1) is 9.99 Å². The van der Waals surface area contributed by atoms with Gasteiger partial charge in [0.25, 0.3) is 0 Å². The van der Waals surface area contributed by atoms with Crippen LogP contribution in [0.1, 0.15) is 45.6 Å². The van der Waals surface area contributed by atoms with E-state index in [-0.39, 0.29) is 5.41 Å². The fourth-order valence-electron chi connectivity index (χ4n) is 1.66. The Morgan fingerprint density at radius 3 is 2.60 bits per heavy atom. The number of hydrogen-bond donors (Lipinski definition) is 0. The van der Waals surface area contributed by atoms with Gasteiger partial charge in [0.2, 0.25) is 0 Å². The topological polar surface area (TPSA) is 9.23 Å². The summed E-state index contributed by atoms with van der Waals surface area (Å²) in [4.78, 5) is 0. The normalized spacial score (nSPS) is 11.8. The Bertz CT molecular complexity index is 317. The van der Waals surface area contributed by atoms with Crippen molar-refractivity contribution in [1.82, 2.24) is 0 Å². The molecule has 0 N–H and O–H groups in total. The van der Waals surface area contributed by atoms with Crippen LogP contribution in [-0.4, -0.2) is 7.11 Å². The molecule has 86 valence electrons. The number of halogens is 1. The van der Waals surface area contributed by atoms with Gasteiger partial charge in [-0.05, 0) is 46.1 Å². The van der Waals surface area contributed by atoms with Gasteiger partial charge in [0.1, 0.15) is 0 Å². The van der Waals surface area contributed by atoms with Gasteiger partial charge in [-0.25, -0.2) is 0 Å². The van der Waals surface area contributed by atoms with Crippen LogP contribution in [0.2, 0.25) is 0 Å². The summed E-state index contributed by atoms with van der Waals surface area (Å²) in [6, 6.07) is 2.20. The third-order valence-electron chi connectivity index (χ3n) is 2.75. The first-order chi connectivity index (χ1) is 7.01. The van der Waals surface area contributed by atoms with E-state index in [4.69, 9.17) is 4.74 Å². The highest BCUT2D eigenvalue weighted by molar-refractivity contribution is 14.1. The maximum atomic E-state index is 5.29. The van der Waals surface area contributed by atoms with Crippen molar-refractivity contribution in [2.24, 2.45) is 0 Å². The van der Waals surface area contributed by atoms with Gasteiger partial charge in [0.15, 0.2) is 5.06 Å². The van der Waals surface area contributed by atoms with Crippen LogP contribution >= 0.6 is 33.9 Å². The third kappa shape index (κ3) is 3.34. The minimum absolute atomic E-state index is 0.278. The van der Waals surface area contributed by atoms with Crippen LogP contribution in [0.25, 0.3) is 0 Å². The Morgan fingerprint density at radius 1 is 1.47 bits per heavy atom. The summed E-state index contributed by atoms with van der Waals surface area (Å²) < 4.78 is 6.66. The highest BCUT2D eigenvalue weighted by Crippen LogP contribution is 2.39. The summed E-state index contributed by atoms with van der Waals surface area (Å²) in [5.74, 6) is 0. The van der Waals surface area contributed by atoms with Gasteiger partial charge in [-0.2, -0.15) is 0 Å². The quantitative estimate of drug-likeness (QED) is 0.699. The molecule has 0 aliphatic rings. The minimum atomic E-state index is 0.278. The number of methoxy groups -OCH3 is 1. The molecular weight excluding hydrogens is 319 g/mol. The Kier molecular flexibility index (Phi) is 4.90. The fraction of sp³-hybridized carbons (Fsp3) is 0.667. The van der Waals surface area contributed by atoms with Gasteiger partial charge in [-0.15, -0.1) is 0 Å². The highest BCUT2D eigenvalue weighted by atomic mass is 127. The van der Waals surface area contributed by atoms with Crippen LogP contribution in [0.4, 0.5) is 0 Å². The number of hydrogen-bond acceptors (Lipinski definition) is 2. The molecule has 0 spiro atoms. The Hall–Kier alpha value is 0.230. The molecule has 0 radical (unpaired) electrons. The Labute approximate surface area is 110 Å². The van der Waals surface area contributed by atoms with Crippen LogP contribution < -0.4 is 4.74 Å². The SMILES string of the molecule is CCCCC(C)(C)c1cc(OC)sc1I. The lowest BCUT2D eigenvalue weighted by molar-refractivity contribution is 0.422. The molecule has 0 atom stereocenters. The maximum Gasteiger partial charge on any atom is 0.174 e. The summed E-state index contributed by atoms with van der Waals surface area (Å²) in [5.41, 5.74) is 1.72. The van der Waals surface area contributed by atoms with Gasteiger partial charge < -0.3 is 4.74 Å². The average Bonchev–Trinajstić information content (AvgIpc) is 2.57. The molecule has 15 heavy (non-hydrogen) atoms. The van der Waals surface area contributed by atoms with Crippen molar-refractivity contribution < 1.29 is 4.74 Å². The van der Waals surface area contributed by atoms with Crippen molar-refractivity contribution in [2.45, 2.75) is 45.4 Å². The van der Waals surface area contributed by atoms with E-state index in [1.807, 2.05) is 0 Å². The summed E-state index contributed by atoms with van der Waals surface area (Å²) in [6.07, 6.45) is 3.81. The number of unbranched alkanes of at least 4 members (excludes halogenated alkanes) is 1. The summed E-state index contributed by atoms with van der Waals surface area (Å²) in [6.45, 7) is 6.90. The van der Waals surface area contributed by atoms with E-state index >= 15 is 0 Å². The molecule has 0 aliphatic carbocycles. The van der Waals surface area contributed by atoms with Crippen molar-refractivity contribution in [2.75, 3.05) is 7.11 Å². The number of rotatable bonds is 5. The zero-order valence-corrected chi connectivity index (χ0v) is 12.9. The first-order valence-corrected chi connectivity index (χ1v) is 7.24. The zero-order valence-electron chi connectivity index (χ0n) is 9.89. The third-order valence-corrected chi connectivity index (χ3v) is 4.88. The molecule has 1 rings (SSSR count). The lowest BCUT2D eigenvalue weighted by Gasteiger charge is -2.24. The second-order valence-electron chi connectivity index (χ2n) is 4.44. The molecule has 0 bridgehead atoms. The second-order valence-corrected chi connectivity index (χ2v) is 7.27. The van der Waals surface area contributed by atoms with Crippen molar-refractivity contribution in [3.05, 3.63) is 14.5 Å². The van der Waals surface area contributed by atoms with E-state index in [2.05, 4.69) is 49.4 Å². The molecule has 0 aromatic carbocycles. The Balaban J connectivity index is 2.87. The maximum absolute atomic E-state index is 5.29. The van der Waals surface area contributed by atoms with Crippen LogP contribution in [0, 0.1) is 2.88 Å². The first-order valence-electron chi connectivity index (χ1n) is 5.35. The number of thiophene rings is 1. The van der Waals surface area contributed by atoms with Crippen molar-refractivity contribution >= 4 is 33.9 Å². The molecule has 0 aliphatic heterocycles. The largest absolute Gasteiger partial charge is 0.487 e. The molecule has 0 amide bonds.